The van der Waals surface area contributed by atoms with Crippen molar-refractivity contribution >= 4 is 40.1 Å². The average Bonchev–Trinajstić information content (AvgIpc) is 3.32. The number of carbonyl (C=O) groups excluding carboxylic acids is 2. The number of hydrogen-bond donors (Lipinski definition) is 7. The Bertz CT molecular complexity index is 1100. The van der Waals surface area contributed by atoms with Gasteiger partial charge in [0.25, 0.3) is 5.91 Å². The van der Waals surface area contributed by atoms with Crippen LogP contribution in [0.25, 0.3) is 0 Å². The molecule has 0 fully saturated rings. The molecule has 2 aliphatic heterocycles. The van der Waals surface area contributed by atoms with E-state index in [4.69, 9.17) is 5.11 Å². The summed E-state index contributed by atoms with van der Waals surface area (Å²) < 4.78 is 0. The second-order valence-corrected chi connectivity index (χ2v) is 8.51. The number of thiophene rings is 1. The van der Waals surface area contributed by atoms with Crippen LogP contribution < -0.4 is 21.3 Å². The molecule has 3 atom stereocenters. The first-order valence-corrected chi connectivity index (χ1v) is 10.6. The molecule has 11 nitrogen and oxygen atoms in total. The highest BCUT2D eigenvalue weighted by molar-refractivity contribution is 7.17. The molecule has 168 valence electrons. The van der Waals surface area contributed by atoms with Crippen molar-refractivity contribution in [2.75, 3.05) is 18.4 Å². The van der Waals surface area contributed by atoms with Crippen molar-refractivity contribution in [1.29, 1.82) is 0 Å². The molecule has 0 saturated heterocycles. The summed E-state index contributed by atoms with van der Waals surface area (Å²) in [6.07, 6.45) is 7.11. The second-order valence-electron chi connectivity index (χ2n) is 7.46. The SMILES string of the molecule is O=C(O)C(=O)Nc1sc2c(c1C(=O)O)CCN[C@H]2CNC(=O)C1=CC2C=C(O)C=CC2N1. The summed E-state index contributed by atoms with van der Waals surface area (Å²) in [4.78, 5) is 47.5. The lowest BCUT2D eigenvalue weighted by Gasteiger charge is -2.24. The first kappa shape index (κ1) is 21.6. The Hall–Kier alpha value is -3.64. The molecule has 1 aliphatic carbocycles. The molecule has 12 heteroatoms. The highest BCUT2D eigenvalue weighted by Crippen LogP contribution is 2.39. The van der Waals surface area contributed by atoms with Gasteiger partial charge in [-0.05, 0) is 36.8 Å². The predicted octanol–water partition coefficient (Wildman–Crippen LogP) is 0.256. The zero-order valence-electron chi connectivity index (χ0n) is 16.5. The summed E-state index contributed by atoms with van der Waals surface area (Å²) in [7, 11) is 0. The molecule has 32 heavy (non-hydrogen) atoms. The normalized spacial score (nSPS) is 23.2. The minimum atomic E-state index is -1.72. The third-order valence-corrected chi connectivity index (χ3v) is 6.66. The van der Waals surface area contributed by atoms with Crippen molar-refractivity contribution in [3.8, 4) is 0 Å². The van der Waals surface area contributed by atoms with Gasteiger partial charge in [0, 0.05) is 17.3 Å². The molecule has 2 unspecified atom stereocenters. The molecule has 3 heterocycles. The fourth-order valence-corrected chi connectivity index (χ4v) is 5.26. The van der Waals surface area contributed by atoms with E-state index in [1.54, 1.807) is 24.3 Å². The van der Waals surface area contributed by atoms with Gasteiger partial charge in [-0.25, -0.2) is 9.59 Å². The molecule has 7 N–H and O–H groups in total. The van der Waals surface area contributed by atoms with Gasteiger partial charge in [-0.1, -0.05) is 6.08 Å². The van der Waals surface area contributed by atoms with Crippen LogP contribution in [0.3, 0.4) is 0 Å². The number of nitrogens with one attached hydrogen (secondary N) is 4. The quantitative estimate of drug-likeness (QED) is 0.304. The van der Waals surface area contributed by atoms with Gasteiger partial charge in [0.15, 0.2) is 0 Å². The number of fused-ring (bicyclic) bond motifs is 2. The minimum Gasteiger partial charge on any atom is -0.508 e. The van der Waals surface area contributed by atoms with Crippen molar-refractivity contribution in [2.45, 2.75) is 18.5 Å². The highest BCUT2D eigenvalue weighted by atomic mass is 32.1. The van der Waals surface area contributed by atoms with Crippen LogP contribution in [0.4, 0.5) is 5.00 Å². The summed E-state index contributed by atoms with van der Waals surface area (Å²) in [5.74, 6) is -4.63. The van der Waals surface area contributed by atoms with Crippen LogP contribution in [-0.4, -0.2) is 58.2 Å². The van der Waals surface area contributed by atoms with Crippen LogP contribution in [-0.2, 0) is 20.8 Å². The van der Waals surface area contributed by atoms with Gasteiger partial charge in [-0.3, -0.25) is 9.59 Å². The molecule has 0 spiro atoms. The number of carboxylic acid groups (broad SMARTS) is 2. The lowest BCUT2D eigenvalue weighted by Crippen LogP contribution is -2.40. The average molecular weight is 460 g/mol. The highest BCUT2D eigenvalue weighted by Gasteiger charge is 2.33. The third-order valence-electron chi connectivity index (χ3n) is 5.40. The number of allylic oxidation sites excluding steroid dienone is 1. The van der Waals surface area contributed by atoms with Crippen molar-refractivity contribution in [3.63, 3.8) is 0 Å². The summed E-state index contributed by atoms with van der Waals surface area (Å²) in [5.41, 5.74) is 0.759. The Balaban J connectivity index is 1.49. The van der Waals surface area contributed by atoms with Crippen LogP contribution in [0.1, 0.15) is 26.8 Å². The van der Waals surface area contributed by atoms with Gasteiger partial charge in [0.1, 0.15) is 10.8 Å². The molecule has 0 radical (unpaired) electrons. The summed E-state index contributed by atoms with van der Waals surface area (Å²) in [6.45, 7) is 0.611. The first-order valence-electron chi connectivity index (χ1n) is 9.76. The number of aliphatic hydroxyl groups is 1. The van der Waals surface area contributed by atoms with E-state index >= 15 is 0 Å². The van der Waals surface area contributed by atoms with Crippen molar-refractivity contribution in [3.05, 3.63) is 51.8 Å². The summed E-state index contributed by atoms with van der Waals surface area (Å²) in [6, 6.07) is -0.517. The van der Waals surface area contributed by atoms with E-state index in [1.165, 1.54) is 0 Å². The number of aliphatic hydroxyl groups excluding tert-OH is 1. The molecule has 0 aromatic carbocycles. The number of hydrogen-bond acceptors (Lipinski definition) is 8. The van der Waals surface area contributed by atoms with E-state index in [9.17, 15) is 29.4 Å². The van der Waals surface area contributed by atoms with Crippen LogP contribution in [0.5, 0.6) is 0 Å². The lowest BCUT2D eigenvalue weighted by molar-refractivity contribution is -0.147. The van der Waals surface area contributed by atoms with Gasteiger partial charge in [0.2, 0.25) is 0 Å². The van der Waals surface area contributed by atoms with Crippen LogP contribution in [0.2, 0.25) is 0 Å². The first-order chi connectivity index (χ1) is 15.2. The monoisotopic (exact) mass is 460 g/mol. The third kappa shape index (κ3) is 4.09. The van der Waals surface area contributed by atoms with Crippen molar-refractivity contribution in [1.82, 2.24) is 16.0 Å². The van der Waals surface area contributed by atoms with Crippen LogP contribution in [0.15, 0.2) is 35.8 Å². The maximum absolute atomic E-state index is 12.6. The van der Waals surface area contributed by atoms with Gasteiger partial charge >= 0.3 is 17.8 Å². The largest absolute Gasteiger partial charge is 0.508 e. The molecule has 2 amide bonds. The standard InChI is InChI=1S/C20H20N4O7S/c25-9-1-2-11-8(5-9)6-12(23-11)16(26)22-7-13-15-10(3-4-21-13)14(19(28)29)18(32-15)24-17(27)20(30)31/h1-2,5-6,8,11,13,21,23,25H,3-4,7H2,(H,22,26)(H,24,27)(H,28,29)(H,30,31)/t8?,11?,13-/m0/s1. The fourth-order valence-electron chi connectivity index (χ4n) is 3.95. The molecule has 1 aromatic rings. The number of amides is 2. The smallest absolute Gasteiger partial charge is 0.394 e. The van der Waals surface area contributed by atoms with E-state index in [0.717, 1.165) is 11.3 Å². The van der Waals surface area contributed by atoms with E-state index in [2.05, 4.69) is 21.3 Å². The Kier molecular flexibility index (Phi) is 5.72. The molecule has 0 bridgehead atoms. The number of carboxylic acids is 2. The van der Waals surface area contributed by atoms with Gasteiger partial charge in [-0.15, -0.1) is 11.3 Å². The van der Waals surface area contributed by atoms with Crippen LogP contribution >= 0.6 is 11.3 Å². The molecule has 3 aliphatic rings. The predicted molar refractivity (Wildman–Crippen MR) is 113 cm³/mol. The second kappa shape index (κ2) is 8.48. The van der Waals surface area contributed by atoms with Gasteiger partial charge in [-0.2, -0.15) is 0 Å². The number of anilines is 1. The zero-order valence-corrected chi connectivity index (χ0v) is 17.4. The van der Waals surface area contributed by atoms with E-state index in [0.29, 0.717) is 29.1 Å². The summed E-state index contributed by atoms with van der Waals surface area (Å²) >= 11 is 0.980. The Morgan fingerprint density at radius 1 is 1.19 bits per heavy atom. The maximum Gasteiger partial charge on any atom is 0.394 e. The lowest BCUT2D eigenvalue weighted by atomic mass is 9.97. The molecule has 0 saturated carbocycles. The van der Waals surface area contributed by atoms with Gasteiger partial charge < -0.3 is 36.6 Å². The fraction of sp³-hybridized carbons (Fsp3) is 0.300. The number of rotatable bonds is 5. The molecule has 4 rings (SSSR count). The zero-order chi connectivity index (χ0) is 23.0. The minimum absolute atomic E-state index is 0.0439. The summed E-state index contributed by atoms with van der Waals surface area (Å²) in [5, 5.41) is 39.2. The maximum atomic E-state index is 12.6. The number of carbonyl (C=O) groups is 4. The van der Waals surface area contributed by atoms with E-state index < -0.39 is 23.9 Å². The number of aromatic carboxylic acids is 1. The molecular weight excluding hydrogens is 440 g/mol. The van der Waals surface area contributed by atoms with E-state index in [-0.39, 0.29) is 40.7 Å². The topological polar surface area (TPSA) is 177 Å². The Labute approximate surface area is 185 Å². The molecular formula is C20H20N4O7S. The van der Waals surface area contributed by atoms with Crippen molar-refractivity contribution in [2.24, 2.45) is 5.92 Å². The Morgan fingerprint density at radius 2 is 1.97 bits per heavy atom. The van der Waals surface area contributed by atoms with Crippen LogP contribution in [0, 0.1) is 5.92 Å². The van der Waals surface area contributed by atoms with E-state index in [1.807, 2.05) is 0 Å². The van der Waals surface area contributed by atoms with Gasteiger partial charge in [0.05, 0.1) is 23.3 Å². The number of aliphatic carboxylic acids is 1. The van der Waals surface area contributed by atoms with Crippen molar-refractivity contribution < 1.29 is 34.5 Å². The Morgan fingerprint density at radius 3 is 2.69 bits per heavy atom. The molecule has 1 aromatic heterocycles.